The molecule has 8 aromatic rings. The van der Waals surface area contributed by atoms with E-state index in [0.29, 0.717) is 17.5 Å². The molecule has 0 radical (unpaired) electrons. The van der Waals surface area contributed by atoms with E-state index in [9.17, 15) is 0 Å². The van der Waals surface area contributed by atoms with Gasteiger partial charge in [0.1, 0.15) is 0 Å². The van der Waals surface area contributed by atoms with Gasteiger partial charge in [0.05, 0.1) is 15.7 Å². The number of hydrogen-bond donors (Lipinski definition) is 0. The zero-order valence-electron chi connectivity index (χ0n) is 21.4. The summed E-state index contributed by atoms with van der Waals surface area (Å²) in [6.45, 7) is 0. The summed E-state index contributed by atoms with van der Waals surface area (Å²) in [7, 11) is 0. The zero-order chi connectivity index (χ0) is 26.5. The minimum absolute atomic E-state index is 0.650. The van der Waals surface area contributed by atoms with E-state index in [1.807, 2.05) is 72.0 Å². The Bertz CT molecular complexity index is 2100. The Kier molecular flexibility index (Phi) is 5.28. The van der Waals surface area contributed by atoms with Crippen molar-refractivity contribution in [2.45, 2.75) is 0 Å². The molecule has 0 saturated heterocycles. The van der Waals surface area contributed by atoms with E-state index in [-0.39, 0.29) is 0 Å². The van der Waals surface area contributed by atoms with E-state index in [1.165, 1.54) is 31.2 Å². The zero-order valence-corrected chi connectivity index (χ0v) is 22.2. The van der Waals surface area contributed by atoms with Gasteiger partial charge in [0.15, 0.2) is 17.5 Å². The summed E-state index contributed by atoms with van der Waals surface area (Å²) in [5.74, 6) is 1.97. The summed E-state index contributed by atoms with van der Waals surface area (Å²) in [6.07, 6.45) is 0. The van der Waals surface area contributed by atoms with Gasteiger partial charge in [0.25, 0.3) is 0 Å². The van der Waals surface area contributed by atoms with Crippen molar-refractivity contribution in [1.82, 2.24) is 19.5 Å². The Morgan fingerprint density at radius 3 is 1.73 bits per heavy atom. The van der Waals surface area contributed by atoms with E-state index in [0.717, 1.165) is 22.4 Å². The highest BCUT2D eigenvalue weighted by molar-refractivity contribution is 7.26. The van der Waals surface area contributed by atoms with Crippen molar-refractivity contribution < 1.29 is 0 Å². The Morgan fingerprint density at radius 1 is 0.475 bits per heavy atom. The van der Waals surface area contributed by atoms with Crippen LogP contribution in [-0.2, 0) is 0 Å². The fourth-order valence-corrected chi connectivity index (χ4v) is 6.63. The van der Waals surface area contributed by atoms with Crippen molar-refractivity contribution >= 4 is 42.5 Å². The van der Waals surface area contributed by atoms with E-state index < -0.39 is 0 Å². The number of para-hydroxylation sites is 1. The summed E-state index contributed by atoms with van der Waals surface area (Å²) in [5.41, 5.74) is 6.38. The molecule has 3 heterocycles. The van der Waals surface area contributed by atoms with E-state index in [1.54, 1.807) is 0 Å². The molecule has 0 aliphatic carbocycles. The largest absolute Gasteiger partial charge is 0.308 e. The first-order valence-corrected chi connectivity index (χ1v) is 14.0. The van der Waals surface area contributed by atoms with E-state index >= 15 is 0 Å². The molecule has 3 aromatic heterocycles. The van der Waals surface area contributed by atoms with Gasteiger partial charge >= 0.3 is 0 Å². The third-order valence-corrected chi connectivity index (χ3v) is 8.44. The topological polar surface area (TPSA) is 43.6 Å². The van der Waals surface area contributed by atoms with Crippen LogP contribution in [0.1, 0.15) is 0 Å². The van der Waals surface area contributed by atoms with Gasteiger partial charge in [0, 0.05) is 37.9 Å². The Hall–Kier alpha value is -5.13. The van der Waals surface area contributed by atoms with Crippen LogP contribution in [0.25, 0.3) is 71.1 Å². The van der Waals surface area contributed by atoms with Gasteiger partial charge in [-0.1, -0.05) is 109 Å². The maximum Gasteiger partial charge on any atom is 0.164 e. The molecule has 188 valence electrons. The van der Waals surface area contributed by atoms with Crippen LogP contribution < -0.4 is 0 Å². The van der Waals surface area contributed by atoms with Crippen molar-refractivity contribution in [2.75, 3.05) is 0 Å². The summed E-state index contributed by atoms with van der Waals surface area (Å²) in [6, 6.07) is 46.0. The molecule has 0 atom stereocenters. The molecular weight excluding hydrogens is 508 g/mol. The lowest BCUT2D eigenvalue weighted by molar-refractivity contribution is 1.07. The molecule has 0 saturated carbocycles. The Balaban J connectivity index is 1.36. The molecule has 0 N–H and O–H groups in total. The number of rotatable bonds is 4. The molecule has 0 fully saturated rings. The first-order chi connectivity index (χ1) is 19.8. The standard InChI is InChI=1S/C35H22N4S/c1-3-12-23(13-4-1)33-36-34(24-14-5-2-6-15-24)38-35(37-33)25-16-11-17-26(22-25)39-29-20-9-7-18-27(29)32-31(39)28-19-8-10-21-30(28)40-32/h1-22H. The fourth-order valence-electron chi connectivity index (χ4n) is 5.41. The lowest BCUT2D eigenvalue weighted by Gasteiger charge is -2.11. The van der Waals surface area contributed by atoms with Crippen LogP contribution in [0.2, 0.25) is 0 Å². The minimum Gasteiger partial charge on any atom is -0.308 e. The molecule has 4 nitrogen and oxygen atoms in total. The van der Waals surface area contributed by atoms with Crippen molar-refractivity contribution in [3.8, 4) is 39.9 Å². The molecule has 0 aliphatic rings. The lowest BCUT2D eigenvalue weighted by atomic mass is 10.1. The second-order valence-electron chi connectivity index (χ2n) is 9.72. The van der Waals surface area contributed by atoms with Gasteiger partial charge < -0.3 is 4.57 Å². The highest BCUT2D eigenvalue weighted by Gasteiger charge is 2.18. The first-order valence-electron chi connectivity index (χ1n) is 13.2. The second kappa shape index (κ2) is 9.26. The Morgan fingerprint density at radius 2 is 1.02 bits per heavy atom. The molecule has 0 bridgehead atoms. The highest BCUT2D eigenvalue weighted by atomic mass is 32.1. The van der Waals surface area contributed by atoms with Crippen LogP contribution in [0.5, 0.6) is 0 Å². The summed E-state index contributed by atoms with van der Waals surface area (Å²) >= 11 is 1.85. The first kappa shape index (κ1) is 22.8. The summed E-state index contributed by atoms with van der Waals surface area (Å²) in [4.78, 5) is 14.8. The quantitative estimate of drug-likeness (QED) is 0.228. The minimum atomic E-state index is 0.650. The van der Waals surface area contributed by atoms with Crippen molar-refractivity contribution in [3.63, 3.8) is 0 Å². The molecular formula is C35H22N4S. The van der Waals surface area contributed by atoms with Gasteiger partial charge in [-0.2, -0.15) is 0 Å². The van der Waals surface area contributed by atoms with Gasteiger partial charge in [-0.05, 0) is 24.3 Å². The van der Waals surface area contributed by atoms with Crippen molar-refractivity contribution in [3.05, 3.63) is 133 Å². The number of hydrogen-bond acceptors (Lipinski definition) is 4. The van der Waals surface area contributed by atoms with Crippen LogP contribution in [-0.4, -0.2) is 19.5 Å². The third kappa shape index (κ3) is 3.71. The van der Waals surface area contributed by atoms with Crippen LogP contribution in [0.15, 0.2) is 133 Å². The fraction of sp³-hybridized carbons (Fsp3) is 0. The van der Waals surface area contributed by atoms with Crippen LogP contribution in [0.4, 0.5) is 0 Å². The SMILES string of the molecule is c1ccc(-c2nc(-c3ccccc3)nc(-c3cccc(-n4c5ccccc5c5sc6ccccc6c54)c3)n2)cc1. The monoisotopic (exact) mass is 530 g/mol. The number of aromatic nitrogens is 4. The smallest absolute Gasteiger partial charge is 0.164 e. The third-order valence-electron chi connectivity index (χ3n) is 7.24. The number of thiophene rings is 1. The van der Waals surface area contributed by atoms with Gasteiger partial charge in [-0.15, -0.1) is 11.3 Å². The molecule has 0 aliphatic heterocycles. The molecule has 8 rings (SSSR count). The van der Waals surface area contributed by atoms with Crippen molar-refractivity contribution in [2.24, 2.45) is 0 Å². The predicted octanol–water partition coefficient (Wildman–Crippen LogP) is 9.18. The molecule has 5 heteroatoms. The lowest BCUT2D eigenvalue weighted by Crippen LogP contribution is -2.01. The predicted molar refractivity (Wildman–Crippen MR) is 166 cm³/mol. The molecule has 40 heavy (non-hydrogen) atoms. The summed E-state index contributed by atoms with van der Waals surface area (Å²) < 4.78 is 4.98. The van der Waals surface area contributed by atoms with Gasteiger partial charge in [-0.25, -0.2) is 15.0 Å². The molecule has 0 spiro atoms. The average molecular weight is 531 g/mol. The van der Waals surface area contributed by atoms with Crippen LogP contribution in [0.3, 0.4) is 0 Å². The number of benzene rings is 5. The average Bonchev–Trinajstić information content (AvgIpc) is 3.57. The highest BCUT2D eigenvalue weighted by Crippen LogP contribution is 2.42. The maximum atomic E-state index is 4.96. The van der Waals surface area contributed by atoms with E-state index in [2.05, 4.69) is 77.4 Å². The normalized spacial score (nSPS) is 11.5. The molecule has 0 unspecified atom stereocenters. The number of fused-ring (bicyclic) bond motifs is 5. The molecule has 5 aromatic carbocycles. The van der Waals surface area contributed by atoms with Crippen molar-refractivity contribution in [1.29, 1.82) is 0 Å². The van der Waals surface area contributed by atoms with Gasteiger partial charge in [0.2, 0.25) is 0 Å². The number of nitrogens with zero attached hydrogens (tertiary/aromatic N) is 4. The Labute approximate surface area is 234 Å². The molecule has 0 amide bonds. The van der Waals surface area contributed by atoms with Crippen LogP contribution >= 0.6 is 11.3 Å². The second-order valence-corrected chi connectivity index (χ2v) is 10.8. The summed E-state index contributed by atoms with van der Waals surface area (Å²) in [5, 5.41) is 2.53. The van der Waals surface area contributed by atoms with E-state index in [4.69, 9.17) is 15.0 Å². The van der Waals surface area contributed by atoms with Gasteiger partial charge in [-0.3, -0.25) is 0 Å². The van der Waals surface area contributed by atoms with Crippen LogP contribution in [0, 0.1) is 0 Å². The maximum absolute atomic E-state index is 4.96.